The van der Waals surface area contributed by atoms with E-state index in [0.717, 1.165) is 12.2 Å². The van der Waals surface area contributed by atoms with Crippen LogP contribution in [0.3, 0.4) is 0 Å². The van der Waals surface area contributed by atoms with Crippen LogP contribution in [-0.2, 0) is 0 Å². The summed E-state index contributed by atoms with van der Waals surface area (Å²) >= 11 is 0. The van der Waals surface area contributed by atoms with Crippen LogP contribution in [-0.4, -0.2) is 18.3 Å². The van der Waals surface area contributed by atoms with Crippen molar-refractivity contribution in [2.45, 2.75) is 20.8 Å². The van der Waals surface area contributed by atoms with Gasteiger partial charge >= 0.3 is 0 Å². The third kappa shape index (κ3) is 3.04. The van der Waals surface area contributed by atoms with Gasteiger partial charge in [-0.3, -0.25) is 0 Å². The second-order valence-corrected chi connectivity index (χ2v) is 3.97. The maximum atomic E-state index is 8.87. The highest BCUT2D eigenvalue weighted by molar-refractivity contribution is 5.48. The van der Waals surface area contributed by atoms with Gasteiger partial charge in [0.25, 0.3) is 0 Å². The minimum atomic E-state index is 0.234. The maximum Gasteiger partial charge on any atom is 0.0473 e. The summed E-state index contributed by atoms with van der Waals surface area (Å²) in [7, 11) is 0. The molecule has 1 aromatic rings. The van der Waals surface area contributed by atoms with Crippen LogP contribution in [0.15, 0.2) is 18.2 Å². The first-order chi connectivity index (χ1) is 6.63. The van der Waals surface area contributed by atoms with Crippen LogP contribution >= 0.6 is 0 Å². The molecule has 0 spiro atoms. The molecule has 0 bridgehead atoms. The first-order valence-corrected chi connectivity index (χ1v) is 5.05. The maximum absolute atomic E-state index is 8.87. The van der Waals surface area contributed by atoms with Crippen molar-refractivity contribution in [3.63, 3.8) is 0 Å². The third-order valence-corrected chi connectivity index (χ3v) is 2.47. The molecule has 2 N–H and O–H groups in total. The van der Waals surface area contributed by atoms with Gasteiger partial charge in [-0.25, -0.2) is 0 Å². The molecule has 0 aliphatic rings. The number of aryl methyl sites for hydroxylation is 2. The summed E-state index contributed by atoms with van der Waals surface area (Å²) in [5.74, 6) is 0.302. The topological polar surface area (TPSA) is 32.3 Å². The molecule has 14 heavy (non-hydrogen) atoms. The van der Waals surface area contributed by atoms with Crippen molar-refractivity contribution in [2.75, 3.05) is 18.5 Å². The number of rotatable bonds is 4. The first-order valence-electron chi connectivity index (χ1n) is 5.05. The molecule has 2 heteroatoms. The molecule has 0 aliphatic heterocycles. The third-order valence-electron chi connectivity index (χ3n) is 2.47. The molecule has 0 radical (unpaired) electrons. The monoisotopic (exact) mass is 193 g/mol. The number of anilines is 1. The van der Waals surface area contributed by atoms with E-state index in [-0.39, 0.29) is 6.61 Å². The summed E-state index contributed by atoms with van der Waals surface area (Å²) in [6.45, 7) is 7.29. The molecule has 1 rings (SSSR count). The Bertz CT molecular complexity index is 296. The van der Waals surface area contributed by atoms with Crippen LogP contribution < -0.4 is 5.32 Å². The number of nitrogens with one attached hydrogen (secondary N) is 1. The zero-order valence-electron chi connectivity index (χ0n) is 9.17. The molecule has 2 nitrogen and oxygen atoms in total. The number of aliphatic hydroxyl groups excluding tert-OH is 1. The minimum absolute atomic E-state index is 0.234. The first kappa shape index (κ1) is 11.1. The van der Waals surface area contributed by atoms with E-state index < -0.39 is 0 Å². The van der Waals surface area contributed by atoms with Crippen molar-refractivity contribution in [3.8, 4) is 0 Å². The Morgan fingerprint density at radius 2 is 2.00 bits per heavy atom. The molecule has 0 amide bonds. The van der Waals surface area contributed by atoms with Crippen LogP contribution in [0.25, 0.3) is 0 Å². The van der Waals surface area contributed by atoms with E-state index >= 15 is 0 Å². The predicted octanol–water partition coefficient (Wildman–Crippen LogP) is 2.34. The van der Waals surface area contributed by atoms with Gasteiger partial charge in [0.05, 0.1) is 0 Å². The molecular weight excluding hydrogens is 174 g/mol. The van der Waals surface area contributed by atoms with Crippen molar-refractivity contribution in [3.05, 3.63) is 29.3 Å². The van der Waals surface area contributed by atoms with E-state index in [0.29, 0.717) is 5.92 Å². The average molecular weight is 193 g/mol. The lowest BCUT2D eigenvalue weighted by atomic mass is 10.1. The lowest BCUT2D eigenvalue weighted by Gasteiger charge is -2.12. The van der Waals surface area contributed by atoms with Crippen molar-refractivity contribution in [2.24, 2.45) is 5.92 Å². The quantitative estimate of drug-likeness (QED) is 0.769. The van der Waals surface area contributed by atoms with E-state index in [2.05, 4.69) is 37.4 Å². The lowest BCUT2D eigenvalue weighted by molar-refractivity contribution is 0.244. The van der Waals surface area contributed by atoms with Gasteiger partial charge in [-0.15, -0.1) is 0 Å². The molecule has 0 heterocycles. The van der Waals surface area contributed by atoms with Gasteiger partial charge in [0, 0.05) is 18.8 Å². The van der Waals surface area contributed by atoms with Gasteiger partial charge in [0.15, 0.2) is 0 Å². The highest BCUT2D eigenvalue weighted by Gasteiger charge is 2.00. The van der Waals surface area contributed by atoms with Gasteiger partial charge in [-0.1, -0.05) is 13.0 Å². The Kier molecular flexibility index (Phi) is 3.96. The van der Waals surface area contributed by atoms with Crippen LogP contribution in [0.4, 0.5) is 5.69 Å². The van der Waals surface area contributed by atoms with Gasteiger partial charge < -0.3 is 10.4 Å². The molecule has 0 fully saturated rings. The standard InChI is InChI=1S/C12H19NO/c1-9(8-14)7-13-12-5-4-10(2)11(3)6-12/h4-6,9,13-14H,7-8H2,1-3H3. The highest BCUT2D eigenvalue weighted by Crippen LogP contribution is 2.14. The van der Waals surface area contributed by atoms with Crippen molar-refractivity contribution < 1.29 is 5.11 Å². The van der Waals surface area contributed by atoms with E-state index in [1.807, 2.05) is 6.92 Å². The van der Waals surface area contributed by atoms with Gasteiger partial charge in [0.1, 0.15) is 0 Å². The number of benzene rings is 1. The summed E-state index contributed by atoms with van der Waals surface area (Å²) in [5, 5.41) is 12.2. The van der Waals surface area contributed by atoms with E-state index in [1.54, 1.807) is 0 Å². The summed E-state index contributed by atoms with van der Waals surface area (Å²) in [5.41, 5.74) is 3.74. The fourth-order valence-corrected chi connectivity index (χ4v) is 1.21. The molecule has 0 saturated heterocycles. The van der Waals surface area contributed by atoms with Crippen LogP contribution in [0.1, 0.15) is 18.1 Å². The Balaban J connectivity index is 2.55. The smallest absolute Gasteiger partial charge is 0.0473 e. The Morgan fingerprint density at radius 1 is 1.29 bits per heavy atom. The number of hydrogen-bond acceptors (Lipinski definition) is 2. The Labute approximate surface area is 86.0 Å². The lowest BCUT2D eigenvalue weighted by Crippen LogP contribution is -2.14. The van der Waals surface area contributed by atoms with E-state index in [4.69, 9.17) is 5.11 Å². The largest absolute Gasteiger partial charge is 0.396 e. The van der Waals surface area contributed by atoms with Crippen LogP contribution in [0, 0.1) is 19.8 Å². The van der Waals surface area contributed by atoms with Crippen molar-refractivity contribution in [1.29, 1.82) is 0 Å². The van der Waals surface area contributed by atoms with Gasteiger partial charge in [-0.2, -0.15) is 0 Å². The zero-order chi connectivity index (χ0) is 10.6. The highest BCUT2D eigenvalue weighted by atomic mass is 16.3. The van der Waals surface area contributed by atoms with E-state index in [9.17, 15) is 0 Å². The Morgan fingerprint density at radius 3 is 2.57 bits per heavy atom. The summed E-state index contributed by atoms with van der Waals surface area (Å²) < 4.78 is 0. The predicted molar refractivity (Wildman–Crippen MR) is 60.7 cm³/mol. The van der Waals surface area contributed by atoms with E-state index in [1.165, 1.54) is 11.1 Å². The second-order valence-electron chi connectivity index (χ2n) is 3.97. The Hall–Kier alpha value is -1.02. The summed E-state index contributed by atoms with van der Waals surface area (Å²) in [6.07, 6.45) is 0. The number of aliphatic hydroxyl groups is 1. The van der Waals surface area contributed by atoms with Crippen LogP contribution in [0.5, 0.6) is 0 Å². The molecule has 0 aromatic heterocycles. The fraction of sp³-hybridized carbons (Fsp3) is 0.500. The summed E-state index contributed by atoms with van der Waals surface area (Å²) in [4.78, 5) is 0. The minimum Gasteiger partial charge on any atom is -0.396 e. The molecule has 1 atom stereocenters. The molecule has 0 aliphatic carbocycles. The number of hydrogen-bond donors (Lipinski definition) is 2. The molecule has 1 aromatic carbocycles. The van der Waals surface area contributed by atoms with Crippen LogP contribution in [0.2, 0.25) is 0 Å². The molecule has 78 valence electrons. The SMILES string of the molecule is Cc1ccc(NCC(C)CO)cc1C. The zero-order valence-corrected chi connectivity index (χ0v) is 9.17. The second kappa shape index (κ2) is 5.01. The molecular formula is C12H19NO. The molecule has 1 unspecified atom stereocenters. The average Bonchev–Trinajstić information content (AvgIpc) is 2.19. The van der Waals surface area contributed by atoms with Gasteiger partial charge in [-0.05, 0) is 43.0 Å². The van der Waals surface area contributed by atoms with Crippen molar-refractivity contribution >= 4 is 5.69 Å². The fourth-order valence-electron chi connectivity index (χ4n) is 1.21. The van der Waals surface area contributed by atoms with Gasteiger partial charge in [0.2, 0.25) is 0 Å². The summed E-state index contributed by atoms with van der Waals surface area (Å²) in [6, 6.07) is 6.33. The van der Waals surface area contributed by atoms with Crippen molar-refractivity contribution in [1.82, 2.24) is 0 Å². The molecule has 0 saturated carbocycles. The normalized spacial score (nSPS) is 12.6.